The summed E-state index contributed by atoms with van der Waals surface area (Å²) in [6.45, 7) is 7.17. The van der Waals surface area contributed by atoms with Gasteiger partial charge in [-0.2, -0.15) is 0 Å². The summed E-state index contributed by atoms with van der Waals surface area (Å²) in [7, 11) is 4.29. The molecule has 1 fully saturated rings. The number of nitrogens with zero attached hydrogens (tertiary/aromatic N) is 1. The van der Waals surface area contributed by atoms with Crippen LogP contribution in [0.5, 0.6) is 0 Å². The second-order valence-electron chi connectivity index (χ2n) is 5.73. The lowest BCUT2D eigenvalue weighted by Gasteiger charge is -2.32. The molecule has 1 N–H and O–H groups in total. The van der Waals surface area contributed by atoms with E-state index in [-0.39, 0.29) is 0 Å². The fourth-order valence-corrected chi connectivity index (χ4v) is 2.82. The largest absolute Gasteiger partial charge is 0.314 e. The molecule has 2 atom stereocenters. The highest BCUT2D eigenvalue weighted by atomic mass is 15.1. The maximum atomic E-state index is 3.71. The van der Waals surface area contributed by atoms with E-state index in [1.54, 1.807) is 0 Å². The molecule has 0 aliphatic heterocycles. The Balaban J connectivity index is 2.10. The first-order valence-corrected chi connectivity index (χ1v) is 6.46. The van der Waals surface area contributed by atoms with Crippen molar-refractivity contribution in [3.8, 4) is 0 Å². The van der Waals surface area contributed by atoms with E-state index in [4.69, 9.17) is 0 Å². The summed E-state index contributed by atoms with van der Waals surface area (Å²) in [5.41, 5.74) is 0. The van der Waals surface area contributed by atoms with Crippen LogP contribution in [0.4, 0.5) is 0 Å². The molecule has 2 heteroatoms. The lowest BCUT2D eigenvalue weighted by Crippen LogP contribution is -2.37. The molecule has 2 nitrogen and oxygen atoms in total. The van der Waals surface area contributed by atoms with E-state index in [2.05, 4.69) is 38.2 Å². The Morgan fingerprint density at radius 2 is 1.67 bits per heavy atom. The number of rotatable bonds is 5. The maximum Gasteiger partial charge on any atom is 0.00721 e. The van der Waals surface area contributed by atoms with Gasteiger partial charge in [0.2, 0.25) is 0 Å². The highest BCUT2D eigenvalue weighted by Gasteiger charge is 2.22. The van der Waals surface area contributed by atoms with Crippen molar-refractivity contribution in [3.05, 3.63) is 0 Å². The van der Waals surface area contributed by atoms with Crippen LogP contribution in [0, 0.1) is 11.8 Å². The van der Waals surface area contributed by atoms with E-state index in [1.807, 2.05) is 0 Å². The first kappa shape index (κ1) is 13.0. The van der Waals surface area contributed by atoms with Crippen molar-refractivity contribution < 1.29 is 0 Å². The molecule has 0 amide bonds. The first-order valence-electron chi connectivity index (χ1n) is 6.46. The SMILES string of the molecule is C[C@@H]1CC(NCCCN(C)C)C[C@@H](C)C1. The Labute approximate surface area is 95.4 Å². The summed E-state index contributed by atoms with van der Waals surface area (Å²) in [6, 6.07) is 0.783. The average molecular weight is 212 g/mol. The molecule has 0 aromatic heterocycles. The first-order chi connectivity index (χ1) is 7.08. The predicted octanol–water partition coefficient (Wildman–Crippen LogP) is 2.35. The van der Waals surface area contributed by atoms with Gasteiger partial charge in [0.15, 0.2) is 0 Å². The quantitative estimate of drug-likeness (QED) is 0.704. The molecule has 15 heavy (non-hydrogen) atoms. The van der Waals surface area contributed by atoms with Gasteiger partial charge in [-0.15, -0.1) is 0 Å². The standard InChI is InChI=1S/C13H28N2/c1-11-8-12(2)10-13(9-11)14-6-5-7-15(3)4/h11-14H,5-10H2,1-4H3/t11-,12-/m0/s1. The van der Waals surface area contributed by atoms with E-state index >= 15 is 0 Å². The van der Waals surface area contributed by atoms with E-state index in [0.717, 1.165) is 17.9 Å². The predicted molar refractivity (Wildman–Crippen MR) is 67.1 cm³/mol. The number of hydrogen-bond acceptors (Lipinski definition) is 2. The van der Waals surface area contributed by atoms with E-state index in [1.165, 1.54) is 38.8 Å². The third kappa shape index (κ3) is 5.53. The monoisotopic (exact) mass is 212 g/mol. The fourth-order valence-electron chi connectivity index (χ4n) is 2.82. The van der Waals surface area contributed by atoms with E-state index in [0.29, 0.717) is 0 Å². The van der Waals surface area contributed by atoms with Gasteiger partial charge in [-0.1, -0.05) is 13.8 Å². The smallest absolute Gasteiger partial charge is 0.00721 e. The van der Waals surface area contributed by atoms with Gasteiger partial charge < -0.3 is 10.2 Å². The minimum absolute atomic E-state index is 0.783. The van der Waals surface area contributed by atoms with E-state index in [9.17, 15) is 0 Å². The third-order valence-corrected chi connectivity index (χ3v) is 3.39. The molecule has 0 aromatic carbocycles. The van der Waals surface area contributed by atoms with Crippen LogP contribution >= 0.6 is 0 Å². The highest BCUT2D eigenvalue weighted by Crippen LogP contribution is 2.28. The lowest BCUT2D eigenvalue weighted by molar-refractivity contribution is 0.237. The summed E-state index contributed by atoms with van der Waals surface area (Å²) in [5.74, 6) is 1.83. The Kier molecular flexibility index (Phi) is 5.62. The second-order valence-corrected chi connectivity index (χ2v) is 5.73. The van der Waals surface area contributed by atoms with Crippen molar-refractivity contribution in [2.45, 2.75) is 45.6 Å². The van der Waals surface area contributed by atoms with Crippen molar-refractivity contribution in [2.24, 2.45) is 11.8 Å². The molecule has 0 bridgehead atoms. The number of hydrogen-bond donors (Lipinski definition) is 1. The van der Waals surface area contributed by atoms with Crippen LogP contribution in [0.2, 0.25) is 0 Å². The fraction of sp³-hybridized carbons (Fsp3) is 1.00. The zero-order chi connectivity index (χ0) is 11.3. The van der Waals surface area contributed by atoms with Crippen LogP contribution in [-0.4, -0.2) is 38.1 Å². The number of nitrogens with one attached hydrogen (secondary N) is 1. The van der Waals surface area contributed by atoms with Gasteiger partial charge in [-0.3, -0.25) is 0 Å². The van der Waals surface area contributed by atoms with Crippen molar-refractivity contribution in [3.63, 3.8) is 0 Å². The molecule has 0 heterocycles. The Morgan fingerprint density at radius 1 is 1.07 bits per heavy atom. The molecule has 0 radical (unpaired) electrons. The second kappa shape index (κ2) is 6.49. The lowest BCUT2D eigenvalue weighted by atomic mass is 9.80. The van der Waals surface area contributed by atoms with Crippen LogP contribution in [0.3, 0.4) is 0 Å². The molecule has 1 rings (SSSR count). The van der Waals surface area contributed by atoms with Crippen molar-refractivity contribution >= 4 is 0 Å². The van der Waals surface area contributed by atoms with Crippen molar-refractivity contribution in [2.75, 3.05) is 27.2 Å². The van der Waals surface area contributed by atoms with Gasteiger partial charge >= 0.3 is 0 Å². The molecule has 0 unspecified atom stereocenters. The van der Waals surface area contributed by atoms with Gasteiger partial charge in [0, 0.05) is 6.04 Å². The Hall–Kier alpha value is -0.0800. The zero-order valence-corrected chi connectivity index (χ0v) is 10.9. The molecule has 1 saturated carbocycles. The van der Waals surface area contributed by atoms with E-state index < -0.39 is 0 Å². The zero-order valence-electron chi connectivity index (χ0n) is 10.9. The summed E-state index contributed by atoms with van der Waals surface area (Å²) >= 11 is 0. The minimum Gasteiger partial charge on any atom is -0.314 e. The molecular weight excluding hydrogens is 184 g/mol. The summed E-state index contributed by atoms with van der Waals surface area (Å²) in [4.78, 5) is 2.26. The van der Waals surface area contributed by atoms with Crippen LogP contribution in [-0.2, 0) is 0 Å². The van der Waals surface area contributed by atoms with Gasteiger partial charge in [-0.25, -0.2) is 0 Å². The molecule has 1 aliphatic rings. The Morgan fingerprint density at radius 3 is 2.20 bits per heavy atom. The van der Waals surface area contributed by atoms with Crippen molar-refractivity contribution in [1.29, 1.82) is 0 Å². The van der Waals surface area contributed by atoms with Crippen LogP contribution in [0.15, 0.2) is 0 Å². The topological polar surface area (TPSA) is 15.3 Å². The van der Waals surface area contributed by atoms with Gasteiger partial charge in [-0.05, 0) is 64.7 Å². The molecule has 90 valence electrons. The normalized spacial score (nSPS) is 32.2. The van der Waals surface area contributed by atoms with Gasteiger partial charge in [0.05, 0.1) is 0 Å². The minimum atomic E-state index is 0.783. The van der Waals surface area contributed by atoms with Gasteiger partial charge in [0.1, 0.15) is 0 Å². The summed E-state index contributed by atoms with van der Waals surface area (Å²) < 4.78 is 0. The molecule has 1 aliphatic carbocycles. The van der Waals surface area contributed by atoms with Crippen molar-refractivity contribution in [1.82, 2.24) is 10.2 Å². The molecule has 0 saturated heterocycles. The average Bonchev–Trinajstić information content (AvgIpc) is 2.10. The highest BCUT2D eigenvalue weighted by molar-refractivity contribution is 4.79. The van der Waals surface area contributed by atoms with Gasteiger partial charge in [0.25, 0.3) is 0 Å². The summed E-state index contributed by atoms with van der Waals surface area (Å²) in [5, 5.41) is 3.71. The van der Waals surface area contributed by atoms with Crippen LogP contribution in [0.25, 0.3) is 0 Å². The Bertz CT molecular complexity index is 158. The molecular formula is C13H28N2. The maximum absolute atomic E-state index is 3.71. The molecule has 0 spiro atoms. The summed E-state index contributed by atoms with van der Waals surface area (Å²) in [6.07, 6.45) is 5.46. The van der Waals surface area contributed by atoms with Crippen LogP contribution in [0.1, 0.15) is 39.5 Å². The molecule has 0 aromatic rings. The third-order valence-electron chi connectivity index (χ3n) is 3.39. The van der Waals surface area contributed by atoms with Crippen LogP contribution < -0.4 is 5.32 Å².